The number of ether oxygens (including phenoxy) is 1. The molecule has 3 saturated carbocycles. The number of hydrogen-bond donors (Lipinski definition) is 1. The van der Waals surface area contributed by atoms with E-state index in [0.717, 1.165) is 24.7 Å². The predicted octanol–water partition coefficient (Wildman–Crippen LogP) is 5.29. The molecule has 8 atom stereocenters. The summed E-state index contributed by atoms with van der Waals surface area (Å²) in [5.74, 6) is 3.36. The largest absolute Gasteiger partial charge is 0.393 e. The summed E-state index contributed by atoms with van der Waals surface area (Å²) in [6.45, 7) is 12.1. The standard InChI is InChI=1S/C22H40O2/c1-7-18-17-11-9-15-8-10-16(24-6)12-22(15,5)20(17)19(23)13-21(18,4)14(2)3/h14-20,23H,7-13H2,1-6H3. The van der Waals surface area contributed by atoms with E-state index in [1.54, 1.807) is 0 Å². The average Bonchev–Trinajstić information content (AvgIpc) is 2.53. The lowest BCUT2D eigenvalue weighted by molar-refractivity contribution is -0.191. The number of methoxy groups -OCH3 is 1. The van der Waals surface area contributed by atoms with Crippen molar-refractivity contribution in [2.75, 3.05) is 7.11 Å². The van der Waals surface area contributed by atoms with E-state index in [4.69, 9.17) is 4.74 Å². The van der Waals surface area contributed by atoms with Crippen molar-refractivity contribution in [3.05, 3.63) is 0 Å². The van der Waals surface area contributed by atoms with Gasteiger partial charge in [0.05, 0.1) is 12.2 Å². The van der Waals surface area contributed by atoms with Crippen LogP contribution in [0.1, 0.15) is 79.6 Å². The Balaban J connectivity index is 1.95. The Morgan fingerprint density at radius 3 is 2.33 bits per heavy atom. The van der Waals surface area contributed by atoms with E-state index in [1.165, 1.54) is 32.1 Å². The predicted molar refractivity (Wildman–Crippen MR) is 99.8 cm³/mol. The smallest absolute Gasteiger partial charge is 0.0581 e. The molecule has 0 aliphatic heterocycles. The molecule has 0 aromatic heterocycles. The first kappa shape index (κ1) is 18.7. The van der Waals surface area contributed by atoms with Crippen molar-refractivity contribution in [1.29, 1.82) is 0 Å². The van der Waals surface area contributed by atoms with E-state index in [-0.39, 0.29) is 16.9 Å². The van der Waals surface area contributed by atoms with Crippen LogP contribution in [0.2, 0.25) is 0 Å². The molecule has 0 radical (unpaired) electrons. The van der Waals surface area contributed by atoms with Gasteiger partial charge in [-0.3, -0.25) is 0 Å². The summed E-state index contributed by atoms with van der Waals surface area (Å²) < 4.78 is 5.77. The van der Waals surface area contributed by atoms with Crippen LogP contribution in [0.15, 0.2) is 0 Å². The third kappa shape index (κ3) is 2.67. The fraction of sp³-hybridized carbons (Fsp3) is 1.00. The second kappa shape index (κ2) is 6.58. The van der Waals surface area contributed by atoms with Crippen LogP contribution in [0.25, 0.3) is 0 Å². The van der Waals surface area contributed by atoms with Gasteiger partial charge in [0.25, 0.3) is 0 Å². The van der Waals surface area contributed by atoms with Gasteiger partial charge in [-0.05, 0) is 78.9 Å². The highest BCUT2D eigenvalue weighted by Crippen LogP contribution is 2.64. The number of hydrogen-bond acceptors (Lipinski definition) is 2. The molecule has 3 aliphatic carbocycles. The van der Waals surface area contributed by atoms with E-state index in [2.05, 4.69) is 34.6 Å². The number of aliphatic hydroxyl groups excluding tert-OH is 1. The number of fused-ring (bicyclic) bond motifs is 3. The Hall–Kier alpha value is -0.0800. The Bertz CT molecular complexity index is 447. The summed E-state index contributed by atoms with van der Waals surface area (Å²) in [5.41, 5.74) is 0.556. The monoisotopic (exact) mass is 336 g/mol. The first-order valence-corrected chi connectivity index (χ1v) is 10.5. The lowest BCUT2D eigenvalue weighted by atomic mass is 9.42. The van der Waals surface area contributed by atoms with Crippen molar-refractivity contribution >= 4 is 0 Å². The van der Waals surface area contributed by atoms with Crippen molar-refractivity contribution in [3.63, 3.8) is 0 Å². The van der Waals surface area contributed by atoms with Gasteiger partial charge in [-0.25, -0.2) is 0 Å². The molecule has 3 aliphatic rings. The minimum Gasteiger partial charge on any atom is -0.393 e. The molecule has 0 saturated heterocycles. The van der Waals surface area contributed by atoms with Gasteiger partial charge >= 0.3 is 0 Å². The SMILES string of the molecule is CCC1C2CCC3CCC(OC)CC3(C)C2C(O)CC1(C)C(C)C. The highest BCUT2D eigenvalue weighted by Gasteiger charge is 2.60. The highest BCUT2D eigenvalue weighted by molar-refractivity contribution is 5.09. The highest BCUT2D eigenvalue weighted by atomic mass is 16.5. The molecule has 1 N–H and O–H groups in total. The molecule has 0 bridgehead atoms. The maximum absolute atomic E-state index is 11.3. The van der Waals surface area contributed by atoms with E-state index in [0.29, 0.717) is 23.9 Å². The Morgan fingerprint density at radius 1 is 1.08 bits per heavy atom. The van der Waals surface area contributed by atoms with Crippen molar-refractivity contribution in [2.45, 2.75) is 91.8 Å². The fourth-order valence-electron chi connectivity index (χ4n) is 7.45. The zero-order chi connectivity index (χ0) is 17.7. The van der Waals surface area contributed by atoms with Crippen molar-refractivity contribution in [1.82, 2.24) is 0 Å². The van der Waals surface area contributed by atoms with Crippen LogP contribution in [0, 0.1) is 40.4 Å². The molecule has 140 valence electrons. The third-order valence-electron chi connectivity index (χ3n) is 9.03. The van der Waals surface area contributed by atoms with Crippen molar-refractivity contribution in [2.24, 2.45) is 40.4 Å². The summed E-state index contributed by atoms with van der Waals surface area (Å²) in [6, 6.07) is 0. The van der Waals surface area contributed by atoms with E-state index in [1.807, 2.05) is 7.11 Å². The molecule has 0 heterocycles. The molecule has 2 nitrogen and oxygen atoms in total. The number of rotatable bonds is 3. The van der Waals surface area contributed by atoms with Gasteiger partial charge in [-0.2, -0.15) is 0 Å². The molecule has 0 amide bonds. The van der Waals surface area contributed by atoms with Gasteiger partial charge in [-0.15, -0.1) is 0 Å². The molecule has 0 aromatic carbocycles. The molecule has 2 heteroatoms. The molecule has 0 spiro atoms. The van der Waals surface area contributed by atoms with Gasteiger partial charge in [0.15, 0.2) is 0 Å². The Morgan fingerprint density at radius 2 is 1.75 bits per heavy atom. The molecular formula is C22H40O2. The van der Waals surface area contributed by atoms with Crippen LogP contribution >= 0.6 is 0 Å². The van der Waals surface area contributed by atoms with Gasteiger partial charge in [0.2, 0.25) is 0 Å². The normalized spacial score (nSPS) is 52.0. The zero-order valence-corrected chi connectivity index (χ0v) is 16.8. The first-order chi connectivity index (χ1) is 11.3. The second-order valence-corrected chi connectivity index (χ2v) is 10.1. The van der Waals surface area contributed by atoms with Crippen LogP contribution in [-0.4, -0.2) is 24.4 Å². The van der Waals surface area contributed by atoms with Crippen LogP contribution in [0.3, 0.4) is 0 Å². The van der Waals surface area contributed by atoms with Crippen LogP contribution in [0.4, 0.5) is 0 Å². The van der Waals surface area contributed by atoms with Crippen molar-refractivity contribution in [3.8, 4) is 0 Å². The van der Waals surface area contributed by atoms with E-state index >= 15 is 0 Å². The summed E-state index contributed by atoms with van der Waals surface area (Å²) >= 11 is 0. The summed E-state index contributed by atoms with van der Waals surface area (Å²) in [5, 5.41) is 11.3. The maximum Gasteiger partial charge on any atom is 0.0581 e. The van der Waals surface area contributed by atoms with Gasteiger partial charge in [0, 0.05) is 7.11 Å². The minimum absolute atomic E-state index is 0.131. The molecule has 3 rings (SSSR count). The quantitative estimate of drug-likeness (QED) is 0.759. The Kier molecular flexibility index (Phi) is 5.13. The van der Waals surface area contributed by atoms with Crippen LogP contribution in [-0.2, 0) is 4.74 Å². The summed E-state index contributed by atoms with van der Waals surface area (Å²) in [7, 11) is 1.87. The van der Waals surface area contributed by atoms with Crippen LogP contribution < -0.4 is 0 Å². The van der Waals surface area contributed by atoms with Gasteiger partial charge in [0.1, 0.15) is 0 Å². The lowest BCUT2D eigenvalue weighted by Gasteiger charge is -2.63. The summed E-state index contributed by atoms with van der Waals surface area (Å²) in [6.07, 6.45) is 8.88. The third-order valence-corrected chi connectivity index (χ3v) is 9.03. The first-order valence-electron chi connectivity index (χ1n) is 10.5. The molecule has 8 unspecified atom stereocenters. The number of aliphatic hydroxyl groups is 1. The topological polar surface area (TPSA) is 29.5 Å². The van der Waals surface area contributed by atoms with Crippen LogP contribution in [0.5, 0.6) is 0 Å². The van der Waals surface area contributed by atoms with Gasteiger partial charge < -0.3 is 9.84 Å². The molecule has 0 aromatic rings. The maximum atomic E-state index is 11.3. The Labute approximate surface area is 149 Å². The molecular weight excluding hydrogens is 296 g/mol. The lowest BCUT2D eigenvalue weighted by Crippen LogP contribution is -2.60. The fourth-order valence-corrected chi connectivity index (χ4v) is 7.45. The van der Waals surface area contributed by atoms with Crippen molar-refractivity contribution < 1.29 is 9.84 Å². The summed E-state index contributed by atoms with van der Waals surface area (Å²) in [4.78, 5) is 0. The molecule has 3 fully saturated rings. The second-order valence-electron chi connectivity index (χ2n) is 10.1. The average molecular weight is 337 g/mol. The van der Waals surface area contributed by atoms with Gasteiger partial charge in [-0.1, -0.05) is 41.0 Å². The van der Waals surface area contributed by atoms with E-state index in [9.17, 15) is 5.11 Å². The van der Waals surface area contributed by atoms with E-state index < -0.39 is 0 Å². The minimum atomic E-state index is -0.131. The zero-order valence-electron chi connectivity index (χ0n) is 16.8. The molecule has 24 heavy (non-hydrogen) atoms.